The van der Waals surface area contributed by atoms with Gasteiger partial charge in [-0.2, -0.15) is 0 Å². The summed E-state index contributed by atoms with van der Waals surface area (Å²) in [6.45, 7) is 4.86. The number of hydrogen-bond donors (Lipinski definition) is 0. The first kappa shape index (κ1) is 16.2. The van der Waals surface area contributed by atoms with Gasteiger partial charge < -0.3 is 9.47 Å². The lowest BCUT2D eigenvalue weighted by molar-refractivity contribution is -0.167. The average Bonchev–Trinajstić information content (AvgIpc) is 3.04. The van der Waals surface area contributed by atoms with Crippen molar-refractivity contribution in [3.63, 3.8) is 0 Å². The molecular formula is C16H25FO4. The molecule has 0 aromatic heterocycles. The van der Waals surface area contributed by atoms with E-state index in [1.54, 1.807) is 0 Å². The standard InChI is InChI=1S/C16H25FO4/c1-4-16(2,3)15(19)21-13-9-10-7-11(13)12(8-10)14(18)20-6-5-17/h10-13H,4-9H2,1-3H3. The van der Waals surface area contributed by atoms with Gasteiger partial charge in [-0.1, -0.05) is 6.92 Å². The van der Waals surface area contributed by atoms with Crippen molar-refractivity contribution in [2.75, 3.05) is 13.3 Å². The maximum absolute atomic E-state index is 12.2. The molecule has 120 valence electrons. The Balaban J connectivity index is 1.95. The molecule has 4 unspecified atom stereocenters. The Morgan fingerprint density at radius 1 is 1.24 bits per heavy atom. The van der Waals surface area contributed by atoms with E-state index in [0.29, 0.717) is 12.3 Å². The van der Waals surface area contributed by atoms with Crippen LogP contribution in [0.1, 0.15) is 46.5 Å². The Kier molecular flexibility index (Phi) is 4.89. The van der Waals surface area contributed by atoms with Crippen molar-refractivity contribution < 1.29 is 23.5 Å². The monoisotopic (exact) mass is 300 g/mol. The molecule has 0 spiro atoms. The molecule has 0 aliphatic heterocycles. The molecule has 2 fully saturated rings. The first-order valence-corrected chi connectivity index (χ1v) is 7.82. The van der Waals surface area contributed by atoms with E-state index >= 15 is 0 Å². The summed E-state index contributed by atoms with van der Waals surface area (Å²) in [6.07, 6.45) is 3.04. The van der Waals surface area contributed by atoms with Gasteiger partial charge in [-0.25, -0.2) is 4.39 Å². The van der Waals surface area contributed by atoms with E-state index in [1.165, 1.54) is 0 Å². The molecule has 2 aliphatic carbocycles. The number of esters is 2. The summed E-state index contributed by atoms with van der Waals surface area (Å²) in [5.74, 6) is -0.314. The van der Waals surface area contributed by atoms with Crippen LogP contribution in [0.4, 0.5) is 4.39 Å². The van der Waals surface area contributed by atoms with Crippen molar-refractivity contribution in [1.29, 1.82) is 0 Å². The summed E-state index contributed by atoms with van der Waals surface area (Å²) < 4.78 is 22.7. The van der Waals surface area contributed by atoms with Crippen LogP contribution in [0.15, 0.2) is 0 Å². The maximum Gasteiger partial charge on any atom is 0.311 e. The molecule has 2 bridgehead atoms. The van der Waals surface area contributed by atoms with E-state index in [2.05, 4.69) is 0 Å². The summed E-state index contributed by atoms with van der Waals surface area (Å²) in [5, 5.41) is 0. The van der Waals surface area contributed by atoms with Crippen molar-refractivity contribution in [1.82, 2.24) is 0 Å². The number of carbonyl (C=O) groups is 2. The maximum atomic E-state index is 12.2. The minimum absolute atomic E-state index is 0.0405. The first-order valence-electron chi connectivity index (χ1n) is 7.82. The molecule has 0 radical (unpaired) electrons. The molecule has 4 atom stereocenters. The fraction of sp³-hybridized carbons (Fsp3) is 0.875. The number of alkyl halides is 1. The van der Waals surface area contributed by atoms with Gasteiger partial charge in [0.1, 0.15) is 19.4 Å². The lowest BCUT2D eigenvalue weighted by Gasteiger charge is -2.30. The third-order valence-electron chi connectivity index (χ3n) is 5.07. The normalized spacial score (nSPS) is 31.2. The number of carbonyl (C=O) groups excluding carboxylic acids is 2. The van der Waals surface area contributed by atoms with Crippen LogP contribution < -0.4 is 0 Å². The lowest BCUT2D eigenvalue weighted by atomic mass is 9.86. The fourth-order valence-corrected chi connectivity index (χ4v) is 3.38. The summed E-state index contributed by atoms with van der Waals surface area (Å²) in [4.78, 5) is 24.1. The Labute approximate surface area is 125 Å². The van der Waals surface area contributed by atoms with E-state index in [9.17, 15) is 14.0 Å². The van der Waals surface area contributed by atoms with Crippen LogP contribution >= 0.6 is 0 Å². The number of hydrogen-bond acceptors (Lipinski definition) is 4. The highest BCUT2D eigenvalue weighted by Crippen LogP contribution is 2.50. The minimum Gasteiger partial charge on any atom is -0.463 e. The fourth-order valence-electron chi connectivity index (χ4n) is 3.38. The van der Waals surface area contributed by atoms with E-state index in [1.807, 2.05) is 20.8 Å². The van der Waals surface area contributed by atoms with Crippen LogP contribution in [0, 0.1) is 23.2 Å². The molecule has 21 heavy (non-hydrogen) atoms. The van der Waals surface area contributed by atoms with Gasteiger partial charge in [0, 0.05) is 5.92 Å². The molecule has 0 aromatic carbocycles. The lowest BCUT2D eigenvalue weighted by Crippen LogP contribution is -2.37. The van der Waals surface area contributed by atoms with Gasteiger partial charge in [-0.3, -0.25) is 9.59 Å². The molecular weight excluding hydrogens is 275 g/mol. The predicted molar refractivity (Wildman–Crippen MR) is 75.2 cm³/mol. The van der Waals surface area contributed by atoms with Crippen molar-refractivity contribution in [2.24, 2.45) is 23.2 Å². The summed E-state index contributed by atoms with van der Waals surface area (Å²) >= 11 is 0. The highest BCUT2D eigenvalue weighted by atomic mass is 19.1. The molecule has 0 saturated heterocycles. The van der Waals surface area contributed by atoms with Gasteiger partial charge >= 0.3 is 11.9 Å². The van der Waals surface area contributed by atoms with Crippen LogP contribution in [0.25, 0.3) is 0 Å². The second-order valence-corrected chi connectivity index (χ2v) is 6.88. The van der Waals surface area contributed by atoms with E-state index in [0.717, 1.165) is 19.3 Å². The molecule has 0 heterocycles. The zero-order valence-electron chi connectivity index (χ0n) is 13.1. The quantitative estimate of drug-likeness (QED) is 0.708. The smallest absolute Gasteiger partial charge is 0.311 e. The van der Waals surface area contributed by atoms with Gasteiger partial charge in [-0.05, 0) is 45.4 Å². The van der Waals surface area contributed by atoms with E-state index in [-0.39, 0.29) is 36.5 Å². The third kappa shape index (κ3) is 3.38. The summed E-state index contributed by atoms with van der Waals surface area (Å²) in [5.41, 5.74) is -0.494. The molecule has 0 amide bonds. The van der Waals surface area contributed by atoms with Crippen LogP contribution in [-0.4, -0.2) is 31.3 Å². The highest BCUT2D eigenvalue weighted by molar-refractivity contribution is 5.76. The number of fused-ring (bicyclic) bond motifs is 2. The first-order chi connectivity index (χ1) is 9.89. The zero-order chi connectivity index (χ0) is 15.6. The largest absolute Gasteiger partial charge is 0.463 e. The number of rotatable bonds is 6. The molecule has 0 N–H and O–H groups in total. The van der Waals surface area contributed by atoms with Crippen LogP contribution in [0.3, 0.4) is 0 Å². The summed E-state index contributed by atoms with van der Waals surface area (Å²) in [6, 6.07) is 0. The minimum atomic E-state index is -0.657. The third-order valence-corrected chi connectivity index (χ3v) is 5.07. The Hall–Kier alpha value is -1.13. The molecule has 2 rings (SSSR count). The summed E-state index contributed by atoms with van der Waals surface area (Å²) in [7, 11) is 0. The average molecular weight is 300 g/mol. The second kappa shape index (κ2) is 6.32. The van der Waals surface area contributed by atoms with Crippen molar-refractivity contribution in [3.05, 3.63) is 0 Å². The number of halogens is 1. The van der Waals surface area contributed by atoms with E-state index < -0.39 is 12.1 Å². The van der Waals surface area contributed by atoms with Crippen LogP contribution in [0.5, 0.6) is 0 Å². The molecule has 0 aromatic rings. The van der Waals surface area contributed by atoms with Gasteiger partial charge in [-0.15, -0.1) is 0 Å². The van der Waals surface area contributed by atoms with Crippen molar-refractivity contribution >= 4 is 11.9 Å². The van der Waals surface area contributed by atoms with Crippen LogP contribution in [0.2, 0.25) is 0 Å². The second-order valence-electron chi connectivity index (χ2n) is 6.88. The Morgan fingerprint density at radius 2 is 1.95 bits per heavy atom. The van der Waals surface area contributed by atoms with Gasteiger partial charge in [0.2, 0.25) is 0 Å². The van der Waals surface area contributed by atoms with Gasteiger partial charge in [0.15, 0.2) is 0 Å². The predicted octanol–water partition coefficient (Wildman–Crippen LogP) is 2.89. The highest BCUT2D eigenvalue weighted by Gasteiger charge is 2.52. The van der Waals surface area contributed by atoms with Crippen molar-refractivity contribution in [2.45, 2.75) is 52.6 Å². The topological polar surface area (TPSA) is 52.6 Å². The van der Waals surface area contributed by atoms with Crippen LogP contribution in [-0.2, 0) is 19.1 Å². The molecule has 5 heteroatoms. The Bertz CT molecular complexity index is 407. The number of ether oxygens (including phenoxy) is 2. The van der Waals surface area contributed by atoms with Gasteiger partial charge in [0.25, 0.3) is 0 Å². The van der Waals surface area contributed by atoms with Gasteiger partial charge in [0.05, 0.1) is 11.3 Å². The SMILES string of the molecule is CCC(C)(C)C(=O)OC1CC2CC(C(=O)OCCF)C1C2. The Morgan fingerprint density at radius 3 is 2.52 bits per heavy atom. The molecule has 2 aliphatic rings. The van der Waals surface area contributed by atoms with E-state index in [4.69, 9.17) is 9.47 Å². The zero-order valence-corrected chi connectivity index (χ0v) is 13.1. The molecule has 4 nitrogen and oxygen atoms in total. The molecule has 2 saturated carbocycles. The van der Waals surface area contributed by atoms with Crippen molar-refractivity contribution in [3.8, 4) is 0 Å².